The van der Waals surface area contributed by atoms with E-state index in [4.69, 9.17) is 0 Å². The van der Waals surface area contributed by atoms with E-state index in [1.807, 2.05) is 26.0 Å². The highest BCUT2D eigenvalue weighted by atomic mass is 19.4. The quantitative estimate of drug-likeness (QED) is 0.489. The maximum atomic E-state index is 13.1. The molecule has 0 saturated carbocycles. The van der Waals surface area contributed by atoms with Gasteiger partial charge in [0.2, 0.25) is 0 Å². The van der Waals surface area contributed by atoms with Crippen LogP contribution in [0.25, 0.3) is 6.08 Å². The molecule has 0 aromatic carbocycles. The second kappa shape index (κ2) is 12.1. The Bertz CT molecular complexity index is 1260. The number of allylic oxidation sites excluding steroid dienone is 7. The Morgan fingerprint density at radius 1 is 1.33 bits per heavy atom. The molecule has 1 amide bonds. The van der Waals surface area contributed by atoms with Gasteiger partial charge in [-0.25, -0.2) is 4.98 Å². The van der Waals surface area contributed by atoms with Crippen LogP contribution in [0.2, 0.25) is 0 Å². The maximum Gasteiger partial charge on any atom is 0.417 e. The predicted octanol–water partition coefficient (Wildman–Crippen LogP) is 5.62. The number of aromatic nitrogens is 3. The van der Waals surface area contributed by atoms with E-state index in [9.17, 15) is 18.0 Å². The first kappa shape index (κ1) is 26.6. The van der Waals surface area contributed by atoms with Crippen molar-refractivity contribution in [2.75, 3.05) is 6.54 Å². The Labute approximate surface area is 208 Å². The number of hydrogen-bond donors (Lipinski definition) is 2. The lowest BCUT2D eigenvalue weighted by Gasteiger charge is -2.08. The highest BCUT2D eigenvalue weighted by Gasteiger charge is 2.31. The zero-order valence-electron chi connectivity index (χ0n) is 20.2. The van der Waals surface area contributed by atoms with Gasteiger partial charge in [-0.3, -0.25) is 14.8 Å². The number of hydrogen-bond acceptors (Lipinski definition) is 4. The van der Waals surface area contributed by atoms with Crippen molar-refractivity contribution < 1.29 is 18.0 Å². The zero-order chi connectivity index (χ0) is 26.1. The fourth-order valence-corrected chi connectivity index (χ4v) is 3.46. The number of nitrogens with one attached hydrogen (secondary N) is 2. The van der Waals surface area contributed by atoms with Crippen molar-refractivity contribution in [2.24, 2.45) is 4.99 Å². The molecule has 0 radical (unpaired) electrons. The van der Waals surface area contributed by atoms with Gasteiger partial charge in [-0.05, 0) is 55.7 Å². The van der Waals surface area contributed by atoms with Crippen LogP contribution in [-0.2, 0) is 13.0 Å². The van der Waals surface area contributed by atoms with E-state index in [2.05, 4.69) is 31.8 Å². The molecular weight excluding hydrogens is 467 g/mol. The molecule has 0 bridgehead atoms. The van der Waals surface area contributed by atoms with Crippen molar-refractivity contribution in [2.45, 2.75) is 39.4 Å². The van der Waals surface area contributed by atoms with E-state index in [-0.39, 0.29) is 19.0 Å². The Hall–Kier alpha value is -4.01. The first-order chi connectivity index (χ1) is 17.2. The molecule has 0 fully saturated rings. The summed E-state index contributed by atoms with van der Waals surface area (Å²) in [6, 6.07) is 3.29. The maximum absolute atomic E-state index is 13.1. The van der Waals surface area contributed by atoms with Crippen LogP contribution >= 0.6 is 0 Å². The lowest BCUT2D eigenvalue weighted by atomic mass is 10.0. The number of aromatic amines is 1. The van der Waals surface area contributed by atoms with Crippen LogP contribution in [0.3, 0.4) is 0 Å². The lowest BCUT2D eigenvalue weighted by Crippen LogP contribution is -2.23. The number of halogens is 3. The first-order valence-electron chi connectivity index (χ1n) is 11.4. The second-order valence-electron chi connectivity index (χ2n) is 8.25. The number of nitrogens with zero attached hydrogens (tertiary/aromatic N) is 3. The van der Waals surface area contributed by atoms with E-state index in [0.29, 0.717) is 29.8 Å². The average Bonchev–Trinajstić information content (AvgIpc) is 3.19. The standard InChI is InChI=1S/C27H28F3N5O/c1-4-18(2)13-24-25(35-19(3)34-24)17-33-26(36)21-10-12-32-23(15-21)14-20-7-5-9-22(27(28,29)30)16-31-11-6-8-20/h4-5,7-10,12-13,15-16H,1,6,11,14,17H2,2-3H3,(H,33,36)(H,34,35)/b7-5+,18-13-,20-8+,22-9-,31-16-. The lowest BCUT2D eigenvalue weighted by molar-refractivity contribution is -0.0856. The summed E-state index contributed by atoms with van der Waals surface area (Å²) < 4.78 is 39.2. The molecule has 0 atom stereocenters. The monoisotopic (exact) mass is 495 g/mol. The summed E-state index contributed by atoms with van der Waals surface area (Å²) in [5.74, 6) is 0.459. The molecular formula is C27H28F3N5O. The van der Waals surface area contributed by atoms with Gasteiger partial charge < -0.3 is 10.3 Å². The molecule has 0 aliphatic carbocycles. The van der Waals surface area contributed by atoms with Gasteiger partial charge in [0, 0.05) is 36.6 Å². The molecule has 0 unspecified atom stereocenters. The number of aliphatic imine (C=N–C) groups is 1. The minimum absolute atomic E-state index is 0.235. The largest absolute Gasteiger partial charge is 0.417 e. The van der Waals surface area contributed by atoms with Crippen LogP contribution in [0.1, 0.15) is 46.6 Å². The minimum Gasteiger partial charge on any atom is -0.346 e. The number of aryl methyl sites for hydroxylation is 1. The van der Waals surface area contributed by atoms with E-state index in [1.54, 1.807) is 30.5 Å². The number of pyridine rings is 1. The molecule has 188 valence electrons. The summed E-state index contributed by atoms with van der Waals surface area (Å²) >= 11 is 0. The molecule has 1 aliphatic heterocycles. The molecule has 3 heterocycles. The predicted molar refractivity (Wildman–Crippen MR) is 136 cm³/mol. The summed E-state index contributed by atoms with van der Waals surface area (Å²) in [6.07, 6.45) is 8.34. The highest BCUT2D eigenvalue weighted by Crippen LogP contribution is 2.24. The molecule has 2 aromatic rings. The molecule has 0 spiro atoms. The van der Waals surface area contributed by atoms with Crippen LogP contribution in [0.15, 0.2) is 77.0 Å². The number of carbonyl (C=O) groups is 1. The van der Waals surface area contributed by atoms with E-state index < -0.39 is 11.7 Å². The van der Waals surface area contributed by atoms with E-state index in [1.165, 1.54) is 6.08 Å². The summed E-state index contributed by atoms with van der Waals surface area (Å²) in [6.45, 7) is 8.00. The Balaban J connectivity index is 1.70. The molecule has 6 nitrogen and oxygen atoms in total. The molecule has 2 N–H and O–H groups in total. The van der Waals surface area contributed by atoms with Gasteiger partial charge in [0.1, 0.15) is 5.82 Å². The molecule has 2 aromatic heterocycles. The van der Waals surface area contributed by atoms with E-state index in [0.717, 1.165) is 35.0 Å². The SMILES string of the molecule is C=C/C(C)=C\c1[nH]c(C)nc1CNC(=O)c1ccnc(CC2=C\CC\N=C/C(C(F)(F)F)=C/C=C/2)c1. The van der Waals surface area contributed by atoms with Crippen LogP contribution < -0.4 is 5.32 Å². The van der Waals surface area contributed by atoms with Crippen LogP contribution in [0, 0.1) is 6.92 Å². The summed E-state index contributed by atoms with van der Waals surface area (Å²) in [4.78, 5) is 28.6. The molecule has 9 heteroatoms. The fourth-order valence-electron chi connectivity index (χ4n) is 3.46. The minimum atomic E-state index is -4.46. The topological polar surface area (TPSA) is 83.0 Å². The third-order valence-corrected chi connectivity index (χ3v) is 5.31. The van der Waals surface area contributed by atoms with E-state index >= 15 is 0 Å². The summed E-state index contributed by atoms with van der Waals surface area (Å²) in [5, 5.41) is 2.88. The smallest absolute Gasteiger partial charge is 0.346 e. The number of carbonyl (C=O) groups excluding carboxylic acids is 1. The normalized spacial score (nSPS) is 19.4. The zero-order valence-corrected chi connectivity index (χ0v) is 20.2. The third-order valence-electron chi connectivity index (χ3n) is 5.31. The van der Waals surface area contributed by atoms with Crippen molar-refractivity contribution >= 4 is 18.2 Å². The number of H-pyrrole nitrogens is 1. The highest BCUT2D eigenvalue weighted by molar-refractivity contribution is 5.94. The van der Waals surface area contributed by atoms with Gasteiger partial charge in [0.05, 0.1) is 23.5 Å². The molecule has 3 rings (SSSR count). The van der Waals surface area contributed by atoms with Crippen molar-refractivity contribution in [3.63, 3.8) is 0 Å². The van der Waals surface area contributed by atoms with Gasteiger partial charge in [-0.15, -0.1) is 0 Å². The van der Waals surface area contributed by atoms with Gasteiger partial charge in [-0.2, -0.15) is 13.2 Å². The van der Waals surface area contributed by atoms with Crippen LogP contribution in [0.4, 0.5) is 13.2 Å². The summed E-state index contributed by atoms with van der Waals surface area (Å²) in [5.41, 5.74) is 3.52. The van der Waals surface area contributed by atoms with Gasteiger partial charge >= 0.3 is 6.18 Å². The Morgan fingerprint density at radius 2 is 2.14 bits per heavy atom. The van der Waals surface area contributed by atoms with Gasteiger partial charge in [0.25, 0.3) is 5.91 Å². The van der Waals surface area contributed by atoms with Gasteiger partial charge in [0.15, 0.2) is 0 Å². The van der Waals surface area contributed by atoms with Gasteiger partial charge in [-0.1, -0.05) is 30.9 Å². The fraction of sp³-hybridized carbons (Fsp3) is 0.259. The number of alkyl halides is 3. The molecule has 36 heavy (non-hydrogen) atoms. The van der Waals surface area contributed by atoms with Crippen molar-refractivity contribution in [1.82, 2.24) is 20.3 Å². The van der Waals surface area contributed by atoms with Crippen LogP contribution in [-0.4, -0.2) is 39.8 Å². The number of amides is 1. The molecule has 1 aliphatic rings. The Morgan fingerprint density at radius 3 is 2.89 bits per heavy atom. The van der Waals surface area contributed by atoms with Crippen LogP contribution in [0.5, 0.6) is 0 Å². The third kappa shape index (κ3) is 7.76. The van der Waals surface area contributed by atoms with Crippen molar-refractivity contribution in [3.05, 3.63) is 100 Å². The Kier molecular flexibility index (Phi) is 8.94. The molecule has 0 saturated heterocycles. The number of rotatable bonds is 7. The first-order valence-corrected chi connectivity index (χ1v) is 11.4. The average molecular weight is 496 g/mol. The van der Waals surface area contributed by atoms with Crippen molar-refractivity contribution in [3.8, 4) is 0 Å². The summed E-state index contributed by atoms with van der Waals surface area (Å²) in [7, 11) is 0. The van der Waals surface area contributed by atoms with Crippen molar-refractivity contribution in [1.29, 1.82) is 0 Å². The number of imidazole rings is 1. The second-order valence-corrected chi connectivity index (χ2v) is 8.25.